The van der Waals surface area contributed by atoms with Gasteiger partial charge in [0.1, 0.15) is 5.82 Å². The molecule has 0 aliphatic carbocycles. The van der Waals surface area contributed by atoms with Gasteiger partial charge in [-0.05, 0) is 30.3 Å². The summed E-state index contributed by atoms with van der Waals surface area (Å²) in [5.74, 6) is -0.836. The van der Waals surface area contributed by atoms with Crippen LogP contribution in [0.3, 0.4) is 0 Å². The van der Waals surface area contributed by atoms with Gasteiger partial charge in [0, 0.05) is 24.0 Å². The van der Waals surface area contributed by atoms with Gasteiger partial charge in [-0.15, -0.1) is 10.2 Å². The van der Waals surface area contributed by atoms with Crippen molar-refractivity contribution in [3.8, 4) is 17.1 Å². The molecule has 0 saturated carbocycles. The Kier molecular flexibility index (Phi) is 6.80. The molecule has 33 heavy (non-hydrogen) atoms. The second-order valence-electron chi connectivity index (χ2n) is 6.95. The fourth-order valence-electron chi connectivity index (χ4n) is 3.19. The fraction of sp³-hybridized carbons (Fsp3) is 0.0833. The minimum atomic E-state index is -0.661. The SMILES string of the molecule is CNC(=O)c1cc(NC(=O)CSc2nnc(-c3ccccc3)n2-c2ccccc2)ccc1F. The number of hydrogen-bond donors (Lipinski definition) is 2. The Balaban J connectivity index is 1.54. The average Bonchev–Trinajstić information content (AvgIpc) is 3.28. The van der Waals surface area contributed by atoms with Crippen LogP contribution in [0.4, 0.5) is 10.1 Å². The van der Waals surface area contributed by atoms with Gasteiger partial charge in [0.25, 0.3) is 5.91 Å². The summed E-state index contributed by atoms with van der Waals surface area (Å²) in [6.07, 6.45) is 0. The Labute approximate surface area is 194 Å². The van der Waals surface area contributed by atoms with E-state index < -0.39 is 11.7 Å². The molecular formula is C24H20FN5O2S. The molecule has 7 nitrogen and oxygen atoms in total. The second kappa shape index (κ2) is 10.1. The van der Waals surface area contributed by atoms with Crippen molar-refractivity contribution in [2.75, 3.05) is 18.1 Å². The molecule has 2 N–H and O–H groups in total. The van der Waals surface area contributed by atoms with E-state index in [9.17, 15) is 14.0 Å². The lowest BCUT2D eigenvalue weighted by molar-refractivity contribution is -0.113. The number of thioether (sulfide) groups is 1. The summed E-state index contributed by atoms with van der Waals surface area (Å²) in [7, 11) is 1.41. The first-order chi connectivity index (χ1) is 16.1. The van der Waals surface area contributed by atoms with Crippen LogP contribution in [0.2, 0.25) is 0 Å². The summed E-state index contributed by atoms with van der Waals surface area (Å²) < 4.78 is 15.8. The number of nitrogens with one attached hydrogen (secondary N) is 2. The first-order valence-electron chi connectivity index (χ1n) is 10.1. The molecule has 0 aliphatic rings. The lowest BCUT2D eigenvalue weighted by Crippen LogP contribution is -2.20. The topological polar surface area (TPSA) is 88.9 Å². The molecule has 0 unspecified atom stereocenters. The number of anilines is 1. The van der Waals surface area contributed by atoms with E-state index in [1.54, 1.807) is 0 Å². The number of hydrogen-bond acceptors (Lipinski definition) is 5. The van der Waals surface area contributed by atoms with E-state index in [0.717, 1.165) is 17.3 Å². The molecule has 0 saturated heterocycles. The first kappa shape index (κ1) is 22.2. The number of carbonyl (C=O) groups is 2. The van der Waals surface area contributed by atoms with Crippen LogP contribution in [0.5, 0.6) is 0 Å². The highest BCUT2D eigenvalue weighted by Crippen LogP contribution is 2.28. The van der Waals surface area contributed by atoms with Crippen molar-refractivity contribution in [3.63, 3.8) is 0 Å². The summed E-state index contributed by atoms with van der Waals surface area (Å²) >= 11 is 1.23. The molecule has 0 bridgehead atoms. The Morgan fingerprint density at radius 3 is 2.36 bits per heavy atom. The highest BCUT2D eigenvalue weighted by Gasteiger charge is 2.18. The summed E-state index contributed by atoms with van der Waals surface area (Å²) in [6, 6.07) is 23.2. The van der Waals surface area contributed by atoms with Crippen LogP contribution < -0.4 is 10.6 Å². The Hall–Kier alpha value is -3.98. The van der Waals surface area contributed by atoms with E-state index in [1.165, 1.54) is 30.9 Å². The van der Waals surface area contributed by atoms with Gasteiger partial charge in [-0.3, -0.25) is 14.2 Å². The molecule has 166 valence electrons. The second-order valence-corrected chi connectivity index (χ2v) is 7.90. The zero-order chi connectivity index (χ0) is 23.2. The van der Waals surface area contributed by atoms with Crippen LogP contribution in [0.1, 0.15) is 10.4 Å². The molecular weight excluding hydrogens is 441 g/mol. The van der Waals surface area contributed by atoms with E-state index in [1.807, 2.05) is 65.2 Å². The molecule has 1 aromatic heterocycles. The van der Waals surface area contributed by atoms with Crippen molar-refractivity contribution in [2.45, 2.75) is 5.16 Å². The van der Waals surface area contributed by atoms with E-state index in [2.05, 4.69) is 20.8 Å². The van der Waals surface area contributed by atoms with Gasteiger partial charge in [-0.2, -0.15) is 0 Å². The summed E-state index contributed by atoms with van der Waals surface area (Å²) in [4.78, 5) is 24.4. The smallest absolute Gasteiger partial charge is 0.254 e. The van der Waals surface area contributed by atoms with Gasteiger partial charge in [0.2, 0.25) is 5.91 Å². The molecule has 0 radical (unpaired) electrons. The number of amides is 2. The van der Waals surface area contributed by atoms with Crippen LogP contribution in [0, 0.1) is 5.82 Å². The van der Waals surface area contributed by atoms with Gasteiger partial charge in [0.05, 0.1) is 11.3 Å². The highest BCUT2D eigenvalue weighted by atomic mass is 32.2. The van der Waals surface area contributed by atoms with Gasteiger partial charge in [-0.25, -0.2) is 4.39 Å². The van der Waals surface area contributed by atoms with E-state index >= 15 is 0 Å². The maximum atomic E-state index is 13.9. The zero-order valence-electron chi connectivity index (χ0n) is 17.7. The monoisotopic (exact) mass is 461 g/mol. The number of aromatic nitrogens is 3. The van der Waals surface area contributed by atoms with Gasteiger partial charge < -0.3 is 10.6 Å². The van der Waals surface area contributed by atoms with E-state index in [4.69, 9.17) is 0 Å². The van der Waals surface area contributed by atoms with Crippen molar-refractivity contribution in [1.29, 1.82) is 0 Å². The summed E-state index contributed by atoms with van der Waals surface area (Å²) in [5.41, 5.74) is 1.96. The molecule has 3 aromatic carbocycles. The molecule has 0 fully saturated rings. The third kappa shape index (κ3) is 5.09. The molecule has 0 atom stereocenters. The van der Waals surface area contributed by atoms with Crippen molar-refractivity contribution < 1.29 is 14.0 Å². The Bertz CT molecular complexity index is 1280. The summed E-state index contributed by atoms with van der Waals surface area (Å²) in [5, 5.41) is 14.3. The first-order valence-corrected chi connectivity index (χ1v) is 11.1. The molecule has 2 amide bonds. The lowest BCUT2D eigenvalue weighted by atomic mass is 10.1. The molecule has 9 heteroatoms. The van der Waals surface area contributed by atoms with Crippen LogP contribution in [-0.4, -0.2) is 39.4 Å². The Morgan fingerprint density at radius 1 is 0.970 bits per heavy atom. The van der Waals surface area contributed by atoms with E-state index in [0.29, 0.717) is 16.7 Å². The van der Waals surface area contributed by atoms with Crippen molar-refractivity contribution >= 4 is 29.3 Å². The largest absolute Gasteiger partial charge is 0.355 e. The standard InChI is InChI=1S/C24H20FN5O2S/c1-26-23(32)19-14-17(12-13-20(19)25)27-21(31)15-33-24-29-28-22(16-8-4-2-5-9-16)30(24)18-10-6-3-7-11-18/h2-14H,15H2,1H3,(H,26,32)(H,27,31). The van der Waals surface area contributed by atoms with Crippen LogP contribution in [0.25, 0.3) is 17.1 Å². The van der Waals surface area contributed by atoms with Gasteiger partial charge in [0.15, 0.2) is 11.0 Å². The molecule has 4 aromatic rings. The van der Waals surface area contributed by atoms with Crippen LogP contribution >= 0.6 is 11.8 Å². The van der Waals surface area contributed by atoms with Crippen LogP contribution in [0.15, 0.2) is 84.0 Å². The maximum Gasteiger partial charge on any atom is 0.254 e. The normalized spacial score (nSPS) is 10.6. The quantitative estimate of drug-likeness (QED) is 0.404. The van der Waals surface area contributed by atoms with Crippen molar-refractivity contribution in [3.05, 3.63) is 90.2 Å². The third-order valence-electron chi connectivity index (χ3n) is 4.73. The summed E-state index contributed by atoms with van der Waals surface area (Å²) in [6.45, 7) is 0. The molecule has 1 heterocycles. The highest BCUT2D eigenvalue weighted by molar-refractivity contribution is 7.99. The third-order valence-corrected chi connectivity index (χ3v) is 5.66. The van der Waals surface area contributed by atoms with Gasteiger partial charge in [-0.1, -0.05) is 60.3 Å². The molecule has 0 aliphatic heterocycles. The van der Waals surface area contributed by atoms with Crippen molar-refractivity contribution in [2.24, 2.45) is 0 Å². The minimum absolute atomic E-state index is 0.0481. The maximum absolute atomic E-state index is 13.9. The number of carbonyl (C=O) groups excluding carboxylic acids is 2. The number of halogens is 1. The predicted molar refractivity (Wildman–Crippen MR) is 126 cm³/mol. The molecule has 0 spiro atoms. The Morgan fingerprint density at radius 2 is 1.67 bits per heavy atom. The average molecular weight is 462 g/mol. The van der Waals surface area contributed by atoms with Crippen LogP contribution in [-0.2, 0) is 4.79 Å². The predicted octanol–water partition coefficient (Wildman–Crippen LogP) is 4.16. The van der Waals surface area contributed by atoms with E-state index in [-0.39, 0.29) is 17.2 Å². The number of benzene rings is 3. The fourth-order valence-corrected chi connectivity index (χ4v) is 3.94. The number of nitrogens with zero attached hydrogens (tertiary/aromatic N) is 3. The van der Waals surface area contributed by atoms with Gasteiger partial charge >= 0.3 is 0 Å². The zero-order valence-corrected chi connectivity index (χ0v) is 18.5. The number of rotatable bonds is 7. The minimum Gasteiger partial charge on any atom is -0.355 e. The van der Waals surface area contributed by atoms with Crippen molar-refractivity contribution in [1.82, 2.24) is 20.1 Å². The number of para-hydroxylation sites is 1. The lowest BCUT2D eigenvalue weighted by Gasteiger charge is -2.11. The molecule has 4 rings (SSSR count).